The van der Waals surface area contributed by atoms with Gasteiger partial charge in [-0.2, -0.15) is 8.42 Å². The first-order valence-electron chi connectivity index (χ1n) is 5.68. The van der Waals surface area contributed by atoms with Crippen LogP contribution >= 0.6 is 0 Å². The molecule has 0 atom stereocenters. The van der Waals surface area contributed by atoms with Crippen molar-refractivity contribution in [1.82, 2.24) is 0 Å². The van der Waals surface area contributed by atoms with Crippen LogP contribution in [0.25, 0.3) is 0 Å². The number of oxime groups is 1. The molecule has 0 unspecified atom stereocenters. The summed E-state index contributed by atoms with van der Waals surface area (Å²) in [6.45, 7) is 1.69. The third-order valence-electron chi connectivity index (χ3n) is 2.50. The highest BCUT2D eigenvalue weighted by molar-refractivity contribution is 7.86. The molecule has 0 aliphatic heterocycles. The average molecular weight is 275 g/mol. The van der Waals surface area contributed by atoms with Crippen LogP contribution in [0.2, 0.25) is 0 Å². The molecule has 2 rings (SSSR count). The van der Waals surface area contributed by atoms with E-state index in [1.54, 1.807) is 25.1 Å². The van der Waals surface area contributed by atoms with Crippen LogP contribution in [0.5, 0.6) is 0 Å². The molecule has 0 radical (unpaired) electrons. The second kappa shape index (κ2) is 5.67. The van der Waals surface area contributed by atoms with Crippen LogP contribution in [0.15, 0.2) is 70.7 Å². The summed E-state index contributed by atoms with van der Waals surface area (Å²) in [5.41, 5.74) is 1.31. The molecule has 2 aromatic rings. The van der Waals surface area contributed by atoms with E-state index >= 15 is 0 Å². The van der Waals surface area contributed by atoms with E-state index in [1.165, 1.54) is 12.1 Å². The van der Waals surface area contributed by atoms with Crippen molar-refractivity contribution < 1.29 is 12.7 Å². The summed E-state index contributed by atoms with van der Waals surface area (Å²) < 4.78 is 28.4. The first-order valence-corrected chi connectivity index (χ1v) is 7.09. The van der Waals surface area contributed by atoms with Crippen molar-refractivity contribution in [1.29, 1.82) is 0 Å². The molecule has 0 N–H and O–H groups in total. The van der Waals surface area contributed by atoms with Gasteiger partial charge in [0.15, 0.2) is 0 Å². The standard InChI is InChI=1S/C14H13NO3S/c1-12(13-8-4-2-5-9-13)15-18-19(16,17)14-10-6-3-7-11-14/h2-11H,1H3/b15-12+. The summed E-state index contributed by atoms with van der Waals surface area (Å²) in [6, 6.07) is 17.1. The lowest BCUT2D eigenvalue weighted by Crippen LogP contribution is -2.04. The van der Waals surface area contributed by atoms with Gasteiger partial charge in [0.05, 0.1) is 5.71 Å². The van der Waals surface area contributed by atoms with Gasteiger partial charge in [-0.25, -0.2) is 0 Å². The maximum atomic E-state index is 11.8. The zero-order chi connectivity index (χ0) is 13.7. The SMILES string of the molecule is C/C(=N\OS(=O)(=O)c1ccccc1)c1ccccc1. The Kier molecular flexibility index (Phi) is 3.97. The van der Waals surface area contributed by atoms with Crippen molar-refractivity contribution in [2.45, 2.75) is 11.8 Å². The Morgan fingerprint density at radius 3 is 2.05 bits per heavy atom. The van der Waals surface area contributed by atoms with E-state index in [-0.39, 0.29) is 4.90 Å². The fourth-order valence-corrected chi connectivity index (χ4v) is 2.25. The van der Waals surface area contributed by atoms with Crippen LogP contribution < -0.4 is 0 Å². The Hall–Kier alpha value is -2.14. The first kappa shape index (κ1) is 13.3. The van der Waals surface area contributed by atoms with Gasteiger partial charge in [0, 0.05) is 0 Å². The number of rotatable bonds is 4. The van der Waals surface area contributed by atoms with Crippen LogP contribution in [0.1, 0.15) is 12.5 Å². The molecule has 0 aromatic heterocycles. The fourth-order valence-electron chi connectivity index (χ4n) is 1.47. The molecule has 2 aromatic carbocycles. The number of benzene rings is 2. The van der Waals surface area contributed by atoms with E-state index in [9.17, 15) is 8.42 Å². The molecule has 0 bridgehead atoms. The molecule has 0 saturated heterocycles. The Labute approximate surface area is 112 Å². The van der Waals surface area contributed by atoms with E-state index in [0.29, 0.717) is 5.71 Å². The smallest absolute Gasteiger partial charge is 0.265 e. The van der Waals surface area contributed by atoms with E-state index in [0.717, 1.165) is 5.56 Å². The van der Waals surface area contributed by atoms with Crippen molar-refractivity contribution in [2.75, 3.05) is 0 Å². The lowest BCUT2D eigenvalue weighted by molar-refractivity contribution is 0.339. The molecule has 5 heteroatoms. The topological polar surface area (TPSA) is 55.7 Å². The second-order valence-corrected chi connectivity index (χ2v) is 5.41. The summed E-state index contributed by atoms with van der Waals surface area (Å²) in [5.74, 6) is 0. The number of nitrogens with zero attached hydrogens (tertiary/aromatic N) is 1. The monoisotopic (exact) mass is 275 g/mol. The highest BCUT2D eigenvalue weighted by Gasteiger charge is 2.14. The Morgan fingerprint density at radius 2 is 1.47 bits per heavy atom. The predicted molar refractivity (Wildman–Crippen MR) is 73.4 cm³/mol. The normalized spacial score (nSPS) is 12.2. The lowest BCUT2D eigenvalue weighted by atomic mass is 10.1. The summed E-state index contributed by atoms with van der Waals surface area (Å²) in [7, 11) is -3.85. The maximum Gasteiger partial charge on any atom is 0.358 e. The van der Waals surface area contributed by atoms with Crippen molar-refractivity contribution in [2.24, 2.45) is 5.16 Å². The quantitative estimate of drug-likeness (QED) is 0.637. The Morgan fingerprint density at radius 1 is 0.947 bits per heavy atom. The molecular weight excluding hydrogens is 262 g/mol. The third kappa shape index (κ3) is 3.42. The zero-order valence-corrected chi connectivity index (χ0v) is 11.2. The molecule has 0 aliphatic rings. The molecule has 98 valence electrons. The Balaban J connectivity index is 2.19. The minimum Gasteiger partial charge on any atom is -0.265 e. The molecule has 19 heavy (non-hydrogen) atoms. The number of hydrogen-bond donors (Lipinski definition) is 0. The maximum absolute atomic E-state index is 11.8. The summed E-state index contributed by atoms with van der Waals surface area (Å²) in [4.78, 5) is 0.0830. The van der Waals surface area contributed by atoms with Gasteiger partial charge in [0.25, 0.3) is 0 Å². The van der Waals surface area contributed by atoms with Crippen molar-refractivity contribution in [3.8, 4) is 0 Å². The molecule has 0 spiro atoms. The molecule has 0 heterocycles. The third-order valence-corrected chi connectivity index (χ3v) is 3.62. The van der Waals surface area contributed by atoms with Crippen molar-refractivity contribution in [3.05, 3.63) is 66.2 Å². The van der Waals surface area contributed by atoms with Crippen molar-refractivity contribution in [3.63, 3.8) is 0 Å². The van der Waals surface area contributed by atoms with Gasteiger partial charge in [-0.1, -0.05) is 53.7 Å². The van der Waals surface area contributed by atoms with Crippen LogP contribution in [-0.4, -0.2) is 14.1 Å². The van der Waals surface area contributed by atoms with Gasteiger partial charge in [0.2, 0.25) is 0 Å². The molecule has 0 fully saturated rings. The van der Waals surface area contributed by atoms with Gasteiger partial charge in [-0.05, 0) is 24.6 Å². The van der Waals surface area contributed by atoms with Gasteiger partial charge in [-0.15, -0.1) is 0 Å². The minimum absolute atomic E-state index is 0.0830. The lowest BCUT2D eigenvalue weighted by Gasteiger charge is -2.03. The van der Waals surface area contributed by atoms with Gasteiger partial charge >= 0.3 is 10.1 Å². The van der Waals surface area contributed by atoms with E-state index in [4.69, 9.17) is 4.28 Å². The zero-order valence-electron chi connectivity index (χ0n) is 10.4. The van der Waals surface area contributed by atoms with Crippen molar-refractivity contribution >= 4 is 15.8 Å². The molecule has 4 nitrogen and oxygen atoms in total. The van der Waals surface area contributed by atoms with Gasteiger partial charge in [-0.3, -0.25) is 4.28 Å². The van der Waals surface area contributed by atoms with Crippen LogP contribution in [0.4, 0.5) is 0 Å². The van der Waals surface area contributed by atoms with E-state index < -0.39 is 10.1 Å². The Bertz CT molecular complexity index is 664. The van der Waals surface area contributed by atoms with Gasteiger partial charge in [0.1, 0.15) is 4.90 Å². The van der Waals surface area contributed by atoms with Crippen LogP contribution in [0.3, 0.4) is 0 Å². The predicted octanol–water partition coefficient (Wildman–Crippen LogP) is 2.82. The average Bonchev–Trinajstić information content (AvgIpc) is 2.47. The highest BCUT2D eigenvalue weighted by Crippen LogP contribution is 2.12. The molecule has 0 saturated carbocycles. The minimum atomic E-state index is -3.85. The molecular formula is C14H13NO3S. The van der Waals surface area contributed by atoms with Crippen LogP contribution in [-0.2, 0) is 14.4 Å². The van der Waals surface area contributed by atoms with E-state index in [2.05, 4.69) is 5.16 Å². The number of hydrogen-bond acceptors (Lipinski definition) is 4. The molecule has 0 aliphatic carbocycles. The van der Waals surface area contributed by atoms with Gasteiger partial charge < -0.3 is 0 Å². The largest absolute Gasteiger partial charge is 0.358 e. The first-order chi connectivity index (χ1) is 9.09. The van der Waals surface area contributed by atoms with E-state index in [1.807, 2.05) is 30.3 Å². The molecule has 0 amide bonds. The second-order valence-electron chi connectivity index (χ2n) is 3.88. The van der Waals surface area contributed by atoms with Crippen LogP contribution in [0, 0.1) is 0 Å². The summed E-state index contributed by atoms with van der Waals surface area (Å²) in [6.07, 6.45) is 0. The summed E-state index contributed by atoms with van der Waals surface area (Å²) in [5, 5.41) is 3.67. The highest BCUT2D eigenvalue weighted by atomic mass is 32.2. The summed E-state index contributed by atoms with van der Waals surface area (Å²) >= 11 is 0. The fraction of sp³-hybridized carbons (Fsp3) is 0.0714.